The molecule has 0 saturated carbocycles. The van der Waals surface area contributed by atoms with Crippen molar-refractivity contribution in [3.8, 4) is 5.69 Å². The minimum Gasteiger partial charge on any atom is -0.468 e. The van der Waals surface area contributed by atoms with Crippen LogP contribution in [0.5, 0.6) is 0 Å². The van der Waals surface area contributed by atoms with E-state index in [1.54, 1.807) is 28.9 Å². The highest BCUT2D eigenvalue weighted by Gasteiger charge is 2.38. The average molecular weight is 451 g/mol. The van der Waals surface area contributed by atoms with Gasteiger partial charge in [0, 0.05) is 30.4 Å². The Morgan fingerprint density at radius 1 is 1.15 bits per heavy atom. The number of hydrogen-bond donors (Lipinski definition) is 1. The zero-order valence-electron chi connectivity index (χ0n) is 18.9. The van der Waals surface area contributed by atoms with Crippen LogP contribution < -0.4 is 5.32 Å². The number of amides is 1. The lowest BCUT2D eigenvalue weighted by molar-refractivity contribution is -0.146. The number of benzene rings is 2. The number of ether oxygens (including phenoxy) is 1. The largest absolute Gasteiger partial charge is 0.468 e. The number of methoxy groups -OCH3 is 1. The first-order chi connectivity index (χ1) is 15.8. The van der Waals surface area contributed by atoms with E-state index >= 15 is 0 Å². The van der Waals surface area contributed by atoms with Gasteiger partial charge in [-0.2, -0.15) is 5.10 Å². The van der Waals surface area contributed by atoms with Gasteiger partial charge in [-0.15, -0.1) is 0 Å². The predicted octanol–water partition coefficient (Wildman–Crippen LogP) is 3.17. The van der Waals surface area contributed by atoms with Crippen LogP contribution in [0.4, 0.5) is 4.39 Å². The molecular formula is C25H27FN4O3. The molecule has 0 bridgehead atoms. The predicted molar refractivity (Wildman–Crippen MR) is 122 cm³/mol. The van der Waals surface area contributed by atoms with E-state index in [-0.39, 0.29) is 23.7 Å². The second-order valence-electron chi connectivity index (χ2n) is 8.39. The number of likely N-dealkylation sites (tertiary alicyclic amines) is 1. The lowest BCUT2D eigenvalue weighted by atomic mass is 10.1. The molecule has 172 valence electrons. The summed E-state index contributed by atoms with van der Waals surface area (Å²) in [6, 6.07) is 14.8. The van der Waals surface area contributed by atoms with Crippen molar-refractivity contribution in [1.82, 2.24) is 20.0 Å². The van der Waals surface area contributed by atoms with Crippen LogP contribution in [0.2, 0.25) is 0 Å². The van der Waals surface area contributed by atoms with Gasteiger partial charge in [-0.1, -0.05) is 18.2 Å². The summed E-state index contributed by atoms with van der Waals surface area (Å²) in [4.78, 5) is 27.3. The Balaban J connectivity index is 1.47. The monoisotopic (exact) mass is 450 g/mol. The first-order valence-electron chi connectivity index (χ1n) is 10.8. The van der Waals surface area contributed by atoms with Crippen molar-refractivity contribution in [3.05, 3.63) is 82.9 Å². The number of nitrogens with zero attached hydrogens (tertiary/aromatic N) is 3. The number of carbonyl (C=O) groups excluding carboxylic acids is 2. The van der Waals surface area contributed by atoms with Gasteiger partial charge in [0.15, 0.2) is 0 Å². The maximum Gasteiger partial charge on any atom is 0.323 e. The summed E-state index contributed by atoms with van der Waals surface area (Å²) in [7, 11) is 1.36. The van der Waals surface area contributed by atoms with Gasteiger partial charge in [-0.3, -0.25) is 14.5 Å². The molecule has 0 radical (unpaired) electrons. The molecule has 0 unspecified atom stereocenters. The van der Waals surface area contributed by atoms with Crippen LogP contribution in [0.25, 0.3) is 5.69 Å². The number of carbonyl (C=O) groups is 2. The van der Waals surface area contributed by atoms with E-state index in [0.717, 1.165) is 22.6 Å². The first-order valence-corrected chi connectivity index (χ1v) is 10.8. The van der Waals surface area contributed by atoms with Gasteiger partial charge in [-0.05, 0) is 62.2 Å². The first kappa shape index (κ1) is 22.7. The Morgan fingerprint density at radius 3 is 2.58 bits per heavy atom. The Morgan fingerprint density at radius 2 is 1.91 bits per heavy atom. The molecule has 8 heteroatoms. The molecule has 33 heavy (non-hydrogen) atoms. The topological polar surface area (TPSA) is 76.5 Å². The Kier molecular flexibility index (Phi) is 6.55. The number of aryl methyl sites for hydroxylation is 2. The van der Waals surface area contributed by atoms with E-state index in [1.807, 2.05) is 36.9 Å². The van der Waals surface area contributed by atoms with Crippen LogP contribution in [0.1, 0.15) is 33.7 Å². The summed E-state index contributed by atoms with van der Waals surface area (Å²) >= 11 is 0. The Bertz CT molecular complexity index is 1160. The summed E-state index contributed by atoms with van der Waals surface area (Å²) in [6.07, 6.45) is 0.441. The highest BCUT2D eigenvalue weighted by atomic mass is 19.1. The minimum absolute atomic E-state index is 0.212. The van der Waals surface area contributed by atoms with E-state index < -0.39 is 6.04 Å². The van der Waals surface area contributed by atoms with Gasteiger partial charge >= 0.3 is 5.97 Å². The van der Waals surface area contributed by atoms with Crippen molar-refractivity contribution >= 4 is 11.9 Å². The second kappa shape index (κ2) is 9.54. The second-order valence-corrected chi connectivity index (χ2v) is 8.39. The molecular weight excluding hydrogens is 423 g/mol. The number of rotatable bonds is 6. The van der Waals surface area contributed by atoms with Crippen molar-refractivity contribution in [2.24, 2.45) is 0 Å². The molecule has 1 aromatic heterocycles. The van der Waals surface area contributed by atoms with Crippen molar-refractivity contribution in [2.45, 2.75) is 38.9 Å². The zero-order valence-corrected chi connectivity index (χ0v) is 18.9. The fraction of sp³-hybridized carbons (Fsp3) is 0.320. The van der Waals surface area contributed by atoms with Crippen LogP contribution in [0.15, 0.2) is 54.6 Å². The molecule has 2 heterocycles. The number of aromatic nitrogens is 2. The quantitative estimate of drug-likeness (QED) is 0.584. The molecule has 1 aliphatic heterocycles. The van der Waals surface area contributed by atoms with E-state index in [1.165, 1.54) is 19.2 Å². The molecule has 1 amide bonds. The molecule has 2 atom stereocenters. The van der Waals surface area contributed by atoms with E-state index in [0.29, 0.717) is 25.1 Å². The molecule has 7 nitrogen and oxygen atoms in total. The number of hydrogen-bond acceptors (Lipinski definition) is 5. The number of halogens is 1. The van der Waals surface area contributed by atoms with Gasteiger partial charge < -0.3 is 10.1 Å². The van der Waals surface area contributed by atoms with Gasteiger partial charge in [0.25, 0.3) is 5.91 Å². The van der Waals surface area contributed by atoms with Crippen molar-refractivity contribution < 1.29 is 18.7 Å². The number of nitrogens with one attached hydrogen (secondary N) is 1. The third-order valence-corrected chi connectivity index (χ3v) is 5.87. The maximum atomic E-state index is 13.2. The molecule has 1 aliphatic rings. The molecule has 1 N–H and O–H groups in total. The average Bonchev–Trinajstić information content (AvgIpc) is 3.36. The zero-order chi connectivity index (χ0) is 23.5. The normalized spacial score (nSPS) is 18.3. The highest BCUT2D eigenvalue weighted by molar-refractivity contribution is 5.95. The van der Waals surface area contributed by atoms with Crippen LogP contribution in [0.3, 0.4) is 0 Å². The van der Waals surface area contributed by atoms with E-state index in [4.69, 9.17) is 4.74 Å². The van der Waals surface area contributed by atoms with Crippen molar-refractivity contribution in [3.63, 3.8) is 0 Å². The molecule has 4 rings (SSSR count). The molecule has 0 aliphatic carbocycles. The minimum atomic E-state index is -0.480. The summed E-state index contributed by atoms with van der Waals surface area (Å²) in [6.45, 7) is 4.84. The third kappa shape index (κ3) is 5.12. The van der Waals surface area contributed by atoms with Gasteiger partial charge in [0.2, 0.25) is 0 Å². The lowest BCUT2D eigenvalue weighted by Crippen LogP contribution is -2.37. The van der Waals surface area contributed by atoms with Crippen LogP contribution in [0, 0.1) is 19.7 Å². The Hall–Kier alpha value is -3.52. The standard InChI is InChI=1S/C25H27FN4O3/c1-16-11-17(2)30(28-16)22-6-4-5-19(12-22)24(31)27-21-13-23(25(32)33-3)29(15-21)14-18-7-9-20(26)10-8-18/h4-12,21,23H,13-15H2,1-3H3,(H,27,31)/t21-,23+/m1/s1. The number of esters is 1. The molecule has 0 spiro atoms. The fourth-order valence-electron chi connectivity index (χ4n) is 4.33. The lowest BCUT2D eigenvalue weighted by Gasteiger charge is -2.22. The third-order valence-electron chi connectivity index (χ3n) is 5.87. The van der Waals surface area contributed by atoms with Crippen molar-refractivity contribution in [2.75, 3.05) is 13.7 Å². The summed E-state index contributed by atoms with van der Waals surface area (Å²) in [5.74, 6) is -0.867. The van der Waals surface area contributed by atoms with Crippen LogP contribution in [-0.2, 0) is 16.1 Å². The SMILES string of the molecule is COC(=O)[C@@H]1C[C@@H](NC(=O)c2cccc(-n3nc(C)cc3C)c2)CN1Cc1ccc(F)cc1. The van der Waals surface area contributed by atoms with Crippen LogP contribution >= 0.6 is 0 Å². The molecule has 1 saturated heterocycles. The van der Waals surface area contributed by atoms with Crippen LogP contribution in [-0.4, -0.2) is 52.3 Å². The molecule has 1 fully saturated rings. The van der Waals surface area contributed by atoms with Gasteiger partial charge in [0.1, 0.15) is 11.9 Å². The molecule has 3 aromatic rings. The summed E-state index contributed by atoms with van der Waals surface area (Å²) in [5, 5.41) is 7.53. The van der Waals surface area contributed by atoms with Gasteiger partial charge in [-0.25, -0.2) is 9.07 Å². The smallest absolute Gasteiger partial charge is 0.323 e. The van der Waals surface area contributed by atoms with Crippen molar-refractivity contribution in [1.29, 1.82) is 0 Å². The Labute approximate surface area is 192 Å². The summed E-state index contributed by atoms with van der Waals surface area (Å²) in [5.41, 5.74) is 4.10. The van der Waals surface area contributed by atoms with Gasteiger partial charge in [0.05, 0.1) is 18.5 Å². The van der Waals surface area contributed by atoms with E-state index in [9.17, 15) is 14.0 Å². The fourth-order valence-corrected chi connectivity index (χ4v) is 4.33. The van der Waals surface area contributed by atoms with E-state index in [2.05, 4.69) is 10.4 Å². The summed E-state index contributed by atoms with van der Waals surface area (Å²) < 4.78 is 20.0. The highest BCUT2D eigenvalue weighted by Crippen LogP contribution is 2.23. The maximum absolute atomic E-state index is 13.2. The molecule has 2 aromatic carbocycles.